The molecule has 0 bridgehead atoms. The maximum Gasteiger partial charge on any atom is 0.0812 e. The van der Waals surface area contributed by atoms with Crippen LogP contribution in [0, 0.1) is 3.57 Å². The fourth-order valence-electron chi connectivity index (χ4n) is 2.09. The molecule has 0 amide bonds. The van der Waals surface area contributed by atoms with E-state index in [4.69, 9.17) is 0 Å². The summed E-state index contributed by atoms with van der Waals surface area (Å²) in [6.45, 7) is 0. The first kappa shape index (κ1) is 12.3. The molecule has 1 aromatic carbocycles. The smallest absolute Gasteiger partial charge is 0.0812 e. The summed E-state index contributed by atoms with van der Waals surface area (Å²) < 4.78 is 3.06. The maximum atomic E-state index is 4.27. The standard InChI is InChI=1S/C15H12IN3/c1-19-15(14(16)10-18-19)12-6-4-11(5-7-12)13-3-2-8-17-9-13/h2-10H,1H3. The maximum absolute atomic E-state index is 4.27. The Morgan fingerprint density at radius 1 is 0.947 bits per heavy atom. The van der Waals surface area contributed by atoms with Crippen molar-refractivity contribution in [2.24, 2.45) is 7.05 Å². The van der Waals surface area contributed by atoms with E-state index in [2.05, 4.69) is 63.0 Å². The lowest BCUT2D eigenvalue weighted by Gasteiger charge is -2.05. The van der Waals surface area contributed by atoms with Gasteiger partial charge in [0.25, 0.3) is 0 Å². The molecule has 19 heavy (non-hydrogen) atoms. The summed E-state index contributed by atoms with van der Waals surface area (Å²) in [6.07, 6.45) is 5.55. The van der Waals surface area contributed by atoms with Crippen LogP contribution in [0.3, 0.4) is 0 Å². The molecule has 3 aromatic rings. The Morgan fingerprint density at radius 3 is 2.26 bits per heavy atom. The third-order valence-electron chi connectivity index (χ3n) is 3.05. The molecule has 0 atom stereocenters. The second-order valence-electron chi connectivity index (χ2n) is 4.28. The SMILES string of the molecule is Cn1ncc(I)c1-c1ccc(-c2cccnc2)cc1. The topological polar surface area (TPSA) is 30.7 Å². The Labute approximate surface area is 125 Å². The van der Waals surface area contributed by atoms with E-state index in [0.717, 1.165) is 14.8 Å². The summed E-state index contributed by atoms with van der Waals surface area (Å²) in [5, 5.41) is 4.27. The predicted octanol–water partition coefficient (Wildman–Crippen LogP) is 3.75. The number of halogens is 1. The zero-order valence-electron chi connectivity index (χ0n) is 10.4. The quantitative estimate of drug-likeness (QED) is 0.651. The van der Waals surface area contributed by atoms with Gasteiger partial charge >= 0.3 is 0 Å². The van der Waals surface area contributed by atoms with Crippen molar-refractivity contribution in [3.05, 3.63) is 58.6 Å². The molecule has 0 saturated carbocycles. The zero-order chi connectivity index (χ0) is 13.2. The van der Waals surface area contributed by atoms with E-state index in [1.807, 2.05) is 30.2 Å². The number of hydrogen-bond donors (Lipinski definition) is 0. The zero-order valence-corrected chi connectivity index (χ0v) is 12.6. The van der Waals surface area contributed by atoms with Gasteiger partial charge in [0.2, 0.25) is 0 Å². The minimum absolute atomic E-state index is 1.13. The van der Waals surface area contributed by atoms with Crippen molar-refractivity contribution in [3.63, 3.8) is 0 Å². The van der Waals surface area contributed by atoms with Crippen LogP contribution in [0.5, 0.6) is 0 Å². The van der Waals surface area contributed by atoms with Crippen LogP contribution in [-0.4, -0.2) is 14.8 Å². The molecule has 3 rings (SSSR count). The van der Waals surface area contributed by atoms with Crippen LogP contribution in [0.1, 0.15) is 0 Å². The summed E-state index contributed by atoms with van der Waals surface area (Å²) in [5.74, 6) is 0. The first-order chi connectivity index (χ1) is 9.25. The van der Waals surface area contributed by atoms with Gasteiger partial charge in [0.15, 0.2) is 0 Å². The minimum Gasteiger partial charge on any atom is -0.267 e. The third kappa shape index (κ3) is 2.40. The lowest BCUT2D eigenvalue weighted by Crippen LogP contribution is -1.94. The molecule has 94 valence electrons. The number of benzene rings is 1. The summed E-state index contributed by atoms with van der Waals surface area (Å²) >= 11 is 2.31. The van der Waals surface area contributed by atoms with Gasteiger partial charge < -0.3 is 0 Å². The van der Waals surface area contributed by atoms with Gasteiger partial charge in [-0.15, -0.1) is 0 Å². The van der Waals surface area contributed by atoms with E-state index in [-0.39, 0.29) is 0 Å². The highest BCUT2D eigenvalue weighted by molar-refractivity contribution is 14.1. The number of pyridine rings is 1. The summed E-state index contributed by atoms with van der Waals surface area (Å²) in [4.78, 5) is 4.15. The average molecular weight is 361 g/mol. The van der Waals surface area contributed by atoms with Crippen LogP contribution < -0.4 is 0 Å². The van der Waals surface area contributed by atoms with Crippen molar-refractivity contribution in [2.75, 3.05) is 0 Å². The fraction of sp³-hybridized carbons (Fsp3) is 0.0667. The number of rotatable bonds is 2. The average Bonchev–Trinajstić information content (AvgIpc) is 2.79. The van der Waals surface area contributed by atoms with Gasteiger partial charge in [-0.05, 0) is 39.8 Å². The van der Waals surface area contributed by atoms with Crippen molar-refractivity contribution in [1.82, 2.24) is 14.8 Å². The molecule has 3 nitrogen and oxygen atoms in total. The van der Waals surface area contributed by atoms with E-state index < -0.39 is 0 Å². The van der Waals surface area contributed by atoms with E-state index in [0.29, 0.717) is 0 Å². The molecule has 2 heterocycles. The van der Waals surface area contributed by atoms with Gasteiger partial charge in [0.05, 0.1) is 15.5 Å². The molecule has 2 aromatic heterocycles. The molecule has 0 N–H and O–H groups in total. The van der Waals surface area contributed by atoms with Crippen molar-refractivity contribution in [2.45, 2.75) is 0 Å². The number of nitrogens with zero attached hydrogens (tertiary/aromatic N) is 3. The Balaban J connectivity index is 2.00. The van der Waals surface area contributed by atoms with Crippen molar-refractivity contribution in [3.8, 4) is 22.4 Å². The molecular formula is C15H12IN3. The molecule has 0 spiro atoms. The lowest BCUT2D eigenvalue weighted by molar-refractivity contribution is 0.776. The van der Waals surface area contributed by atoms with Gasteiger partial charge in [0, 0.05) is 25.0 Å². The highest BCUT2D eigenvalue weighted by atomic mass is 127. The third-order valence-corrected chi connectivity index (χ3v) is 3.84. The Morgan fingerprint density at radius 2 is 1.68 bits per heavy atom. The summed E-state index contributed by atoms with van der Waals surface area (Å²) in [6, 6.07) is 12.5. The number of aromatic nitrogens is 3. The van der Waals surface area contributed by atoms with E-state index >= 15 is 0 Å². The van der Waals surface area contributed by atoms with Gasteiger partial charge in [-0.1, -0.05) is 30.3 Å². The Bertz CT molecular complexity index is 668. The normalized spacial score (nSPS) is 10.6. The van der Waals surface area contributed by atoms with Crippen LogP contribution in [0.25, 0.3) is 22.4 Å². The fourth-order valence-corrected chi connectivity index (χ4v) is 2.87. The Hall–Kier alpha value is -1.69. The minimum atomic E-state index is 1.13. The van der Waals surface area contributed by atoms with Gasteiger partial charge in [-0.2, -0.15) is 5.10 Å². The van der Waals surface area contributed by atoms with E-state index in [1.165, 1.54) is 11.1 Å². The molecule has 4 heteroatoms. The number of hydrogen-bond acceptors (Lipinski definition) is 2. The van der Waals surface area contributed by atoms with Crippen LogP contribution in [0.2, 0.25) is 0 Å². The van der Waals surface area contributed by atoms with E-state index in [9.17, 15) is 0 Å². The van der Waals surface area contributed by atoms with Crippen LogP contribution in [0.15, 0.2) is 55.0 Å². The summed E-state index contributed by atoms with van der Waals surface area (Å²) in [5.41, 5.74) is 4.64. The summed E-state index contributed by atoms with van der Waals surface area (Å²) in [7, 11) is 1.96. The first-order valence-electron chi connectivity index (χ1n) is 5.94. The van der Waals surface area contributed by atoms with Crippen LogP contribution in [-0.2, 0) is 7.05 Å². The second-order valence-corrected chi connectivity index (χ2v) is 5.45. The Kier molecular flexibility index (Phi) is 3.33. The van der Waals surface area contributed by atoms with Crippen LogP contribution >= 0.6 is 22.6 Å². The largest absolute Gasteiger partial charge is 0.267 e. The molecule has 0 aliphatic heterocycles. The van der Waals surface area contributed by atoms with Crippen LogP contribution in [0.4, 0.5) is 0 Å². The molecule has 0 fully saturated rings. The molecule has 0 aliphatic rings. The predicted molar refractivity (Wildman–Crippen MR) is 84.6 cm³/mol. The van der Waals surface area contributed by atoms with Gasteiger partial charge in [0.1, 0.15) is 0 Å². The molecule has 0 radical (unpaired) electrons. The number of aryl methyl sites for hydroxylation is 1. The lowest BCUT2D eigenvalue weighted by atomic mass is 10.0. The van der Waals surface area contributed by atoms with Crippen molar-refractivity contribution in [1.29, 1.82) is 0 Å². The molecular weight excluding hydrogens is 349 g/mol. The highest BCUT2D eigenvalue weighted by Gasteiger charge is 2.08. The van der Waals surface area contributed by atoms with Gasteiger partial charge in [-0.25, -0.2) is 0 Å². The molecule has 0 aliphatic carbocycles. The molecule has 0 unspecified atom stereocenters. The monoisotopic (exact) mass is 361 g/mol. The second kappa shape index (κ2) is 5.13. The first-order valence-corrected chi connectivity index (χ1v) is 7.02. The highest BCUT2D eigenvalue weighted by Crippen LogP contribution is 2.27. The van der Waals surface area contributed by atoms with E-state index in [1.54, 1.807) is 6.20 Å². The van der Waals surface area contributed by atoms with Gasteiger partial charge in [-0.3, -0.25) is 9.67 Å². The van der Waals surface area contributed by atoms with Crippen molar-refractivity contribution < 1.29 is 0 Å². The molecule has 0 saturated heterocycles. The van der Waals surface area contributed by atoms with Crippen molar-refractivity contribution >= 4 is 22.6 Å².